The number of guanidine groups is 1. The molecular formula is C21H32F3IN4O2. The summed E-state index contributed by atoms with van der Waals surface area (Å²) in [5, 5.41) is 6.37. The van der Waals surface area contributed by atoms with Gasteiger partial charge in [0.25, 0.3) is 0 Å². The Balaban J connectivity index is 0.00000480. The number of carbonyl (C=O) groups excluding carboxylic acids is 1. The zero-order chi connectivity index (χ0) is 22.1. The fraction of sp³-hybridized carbons (Fsp3) is 0.619. The molecule has 31 heavy (non-hydrogen) atoms. The van der Waals surface area contributed by atoms with E-state index in [1.165, 1.54) is 17.0 Å². The number of nitrogens with zero attached hydrogens (tertiary/aromatic N) is 2. The van der Waals surface area contributed by atoms with Crippen LogP contribution in [0.25, 0.3) is 0 Å². The number of hydrogen-bond acceptors (Lipinski definition) is 3. The Labute approximate surface area is 199 Å². The lowest BCUT2D eigenvalue weighted by atomic mass is 9.96. The molecule has 2 N–H and O–H groups in total. The molecular weight excluding hydrogens is 524 g/mol. The molecule has 176 valence electrons. The number of rotatable bonds is 8. The van der Waals surface area contributed by atoms with Gasteiger partial charge in [0.2, 0.25) is 5.91 Å². The lowest BCUT2D eigenvalue weighted by molar-refractivity contribution is -0.137. The zero-order valence-corrected chi connectivity index (χ0v) is 20.5. The minimum atomic E-state index is -4.35. The van der Waals surface area contributed by atoms with Crippen molar-refractivity contribution in [3.8, 4) is 0 Å². The maximum atomic E-state index is 12.9. The van der Waals surface area contributed by atoms with E-state index in [0.717, 1.165) is 25.5 Å². The quantitative estimate of drug-likeness (QED) is 0.292. The molecule has 10 heteroatoms. The number of ether oxygens (including phenoxy) is 1. The van der Waals surface area contributed by atoms with Crippen molar-refractivity contribution in [3.05, 3.63) is 35.4 Å². The second-order valence-corrected chi connectivity index (χ2v) is 7.71. The van der Waals surface area contributed by atoms with Crippen LogP contribution in [-0.2, 0) is 15.7 Å². The van der Waals surface area contributed by atoms with E-state index >= 15 is 0 Å². The summed E-state index contributed by atoms with van der Waals surface area (Å²) < 4.78 is 44.4. The van der Waals surface area contributed by atoms with Gasteiger partial charge in [-0.1, -0.05) is 25.1 Å². The summed E-state index contributed by atoms with van der Waals surface area (Å²) in [5.74, 6) is 0.310. The Kier molecular flexibility index (Phi) is 11.6. The summed E-state index contributed by atoms with van der Waals surface area (Å²) in [6.07, 6.45) is -1.61. The smallest absolute Gasteiger partial charge is 0.376 e. The monoisotopic (exact) mass is 556 g/mol. The normalized spacial score (nSPS) is 17.6. The molecule has 2 rings (SSSR count). The first-order valence-electron chi connectivity index (χ1n) is 10.2. The molecule has 1 aliphatic heterocycles. The van der Waals surface area contributed by atoms with Crippen LogP contribution >= 0.6 is 24.0 Å². The minimum Gasteiger partial charge on any atom is -0.376 e. The van der Waals surface area contributed by atoms with Crippen LogP contribution in [0.15, 0.2) is 29.3 Å². The zero-order valence-electron chi connectivity index (χ0n) is 18.2. The van der Waals surface area contributed by atoms with Gasteiger partial charge in [0, 0.05) is 33.8 Å². The number of amides is 1. The molecule has 0 spiro atoms. The number of likely N-dealkylation sites (N-methyl/N-ethyl adjacent to an activating group) is 1. The van der Waals surface area contributed by atoms with Crippen LogP contribution in [0.4, 0.5) is 13.2 Å². The molecule has 1 heterocycles. The van der Waals surface area contributed by atoms with E-state index in [0.29, 0.717) is 31.0 Å². The molecule has 6 nitrogen and oxygen atoms in total. The van der Waals surface area contributed by atoms with Gasteiger partial charge in [0.1, 0.15) is 6.54 Å². The van der Waals surface area contributed by atoms with Crippen LogP contribution < -0.4 is 10.6 Å². The maximum Gasteiger partial charge on any atom is 0.416 e. The lowest BCUT2D eigenvalue weighted by Crippen LogP contribution is -2.42. The van der Waals surface area contributed by atoms with Gasteiger partial charge in [-0.05, 0) is 36.8 Å². The predicted octanol–water partition coefficient (Wildman–Crippen LogP) is 3.62. The Morgan fingerprint density at radius 3 is 2.68 bits per heavy atom. The van der Waals surface area contributed by atoms with Crippen LogP contribution in [0.1, 0.15) is 43.2 Å². The standard InChI is InChI=1S/C21H31F3N4O2.HI/c1-15(16-6-4-7-17(12-16)21(22,23)24)9-10-25-20(27-14-19(29)28(2)3)26-13-18-8-5-11-30-18;/h4,6-7,12,15,18H,5,8-11,13-14H2,1-3H3,(H2,25,26,27);1H. The largest absolute Gasteiger partial charge is 0.416 e. The van der Waals surface area contributed by atoms with Crippen molar-refractivity contribution in [1.29, 1.82) is 0 Å². The van der Waals surface area contributed by atoms with E-state index in [2.05, 4.69) is 15.6 Å². The number of benzene rings is 1. The third-order valence-electron chi connectivity index (χ3n) is 5.05. The number of nitrogens with one attached hydrogen (secondary N) is 2. The highest BCUT2D eigenvalue weighted by Gasteiger charge is 2.30. The van der Waals surface area contributed by atoms with Gasteiger partial charge >= 0.3 is 6.18 Å². The number of alkyl halides is 3. The summed E-state index contributed by atoms with van der Waals surface area (Å²) in [6.45, 7) is 3.75. The van der Waals surface area contributed by atoms with Crippen molar-refractivity contribution in [3.63, 3.8) is 0 Å². The number of hydrogen-bond donors (Lipinski definition) is 2. The van der Waals surface area contributed by atoms with E-state index in [-0.39, 0.29) is 48.5 Å². The highest BCUT2D eigenvalue weighted by Crippen LogP contribution is 2.31. The summed E-state index contributed by atoms with van der Waals surface area (Å²) in [6, 6.07) is 5.42. The molecule has 2 atom stereocenters. The predicted molar refractivity (Wildman–Crippen MR) is 126 cm³/mol. The summed E-state index contributed by atoms with van der Waals surface area (Å²) >= 11 is 0. The molecule has 0 saturated carbocycles. The van der Waals surface area contributed by atoms with Crippen LogP contribution in [0.2, 0.25) is 0 Å². The van der Waals surface area contributed by atoms with Gasteiger partial charge in [-0.15, -0.1) is 24.0 Å². The van der Waals surface area contributed by atoms with Gasteiger partial charge in [0.05, 0.1) is 11.7 Å². The van der Waals surface area contributed by atoms with E-state index in [9.17, 15) is 18.0 Å². The summed E-state index contributed by atoms with van der Waals surface area (Å²) in [5.41, 5.74) is 0.00250. The lowest BCUT2D eigenvalue weighted by Gasteiger charge is -2.18. The molecule has 1 aliphatic rings. The molecule has 1 aromatic rings. The third kappa shape index (κ3) is 9.63. The number of carbonyl (C=O) groups is 1. The van der Waals surface area contributed by atoms with Gasteiger partial charge in [-0.2, -0.15) is 13.2 Å². The van der Waals surface area contributed by atoms with Gasteiger partial charge < -0.3 is 20.3 Å². The third-order valence-corrected chi connectivity index (χ3v) is 5.05. The van der Waals surface area contributed by atoms with Gasteiger partial charge in [0.15, 0.2) is 5.96 Å². The van der Waals surface area contributed by atoms with Crippen LogP contribution in [0, 0.1) is 0 Å². The molecule has 1 saturated heterocycles. The van der Waals surface area contributed by atoms with Crippen LogP contribution in [0.5, 0.6) is 0 Å². The minimum absolute atomic E-state index is 0. The molecule has 0 radical (unpaired) electrons. The average molecular weight is 556 g/mol. The first-order chi connectivity index (χ1) is 14.2. The van der Waals surface area contributed by atoms with Crippen molar-refractivity contribution in [1.82, 2.24) is 15.5 Å². The van der Waals surface area contributed by atoms with E-state index in [1.807, 2.05) is 6.92 Å². The fourth-order valence-corrected chi connectivity index (χ4v) is 3.07. The van der Waals surface area contributed by atoms with Crippen LogP contribution in [0.3, 0.4) is 0 Å². The number of halogens is 4. The molecule has 2 unspecified atom stereocenters. The summed E-state index contributed by atoms with van der Waals surface area (Å²) in [7, 11) is 3.34. The molecule has 1 aromatic carbocycles. The Hall–Kier alpha value is -1.56. The average Bonchev–Trinajstić information content (AvgIpc) is 3.22. The molecule has 0 aliphatic carbocycles. The second-order valence-electron chi connectivity index (χ2n) is 7.71. The van der Waals surface area contributed by atoms with Crippen molar-refractivity contribution in [2.45, 2.75) is 44.4 Å². The molecule has 1 amide bonds. The topological polar surface area (TPSA) is 66.0 Å². The van der Waals surface area contributed by atoms with Gasteiger partial charge in [-0.25, -0.2) is 4.99 Å². The van der Waals surface area contributed by atoms with E-state index in [4.69, 9.17) is 4.74 Å². The van der Waals surface area contributed by atoms with Crippen molar-refractivity contribution >= 4 is 35.8 Å². The van der Waals surface area contributed by atoms with Gasteiger partial charge in [-0.3, -0.25) is 4.79 Å². The Bertz CT molecular complexity index is 723. The molecule has 0 aromatic heterocycles. The number of aliphatic imine (C=N–C) groups is 1. The van der Waals surface area contributed by atoms with E-state index in [1.54, 1.807) is 20.2 Å². The highest BCUT2D eigenvalue weighted by molar-refractivity contribution is 14.0. The van der Waals surface area contributed by atoms with Crippen molar-refractivity contribution < 1.29 is 22.7 Å². The van der Waals surface area contributed by atoms with Crippen molar-refractivity contribution in [2.75, 3.05) is 40.3 Å². The first kappa shape index (κ1) is 27.5. The van der Waals surface area contributed by atoms with Crippen LogP contribution in [-0.4, -0.2) is 63.2 Å². The SMILES string of the molecule is CC(CCNC(=NCC(=O)N(C)C)NCC1CCCO1)c1cccc(C(F)(F)F)c1.I. The molecule has 0 bridgehead atoms. The maximum absolute atomic E-state index is 12.9. The molecule has 1 fully saturated rings. The Morgan fingerprint density at radius 2 is 2.06 bits per heavy atom. The Morgan fingerprint density at radius 1 is 1.32 bits per heavy atom. The fourth-order valence-electron chi connectivity index (χ4n) is 3.07. The first-order valence-corrected chi connectivity index (χ1v) is 10.2. The second kappa shape index (κ2) is 13.1. The van der Waals surface area contributed by atoms with Crippen molar-refractivity contribution in [2.24, 2.45) is 4.99 Å². The van der Waals surface area contributed by atoms with E-state index < -0.39 is 11.7 Å². The summed E-state index contributed by atoms with van der Waals surface area (Å²) in [4.78, 5) is 17.6. The highest BCUT2D eigenvalue weighted by atomic mass is 127.